The number of allylic oxidation sites excluding steroid dienone is 3. The number of hydrogen-bond acceptors (Lipinski definition) is 19. The number of phosphoric acid groups is 1. The third-order valence-electron chi connectivity index (χ3n) is 25.2. The Morgan fingerprint density at radius 2 is 0.651 bits per heavy atom. The number of aliphatic hydroxyl groups excluding tert-OH is 3. The summed E-state index contributed by atoms with van der Waals surface area (Å²) in [7, 11) is -5.39. The van der Waals surface area contributed by atoms with Crippen molar-refractivity contribution in [2.75, 3.05) is 19.8 Å². The molecule has 0 amide bonds. The molecule has 6 N–H and O–H groups in total. The van der Waals surface area contributed by atoms with Crippen molar-refractivity contribution in [3.05, 3.63) is 34.9 Å². The van der Waals surface area contributed by atoms with Crippen LogP contribution in [0.1, 0.15) is 176 Å². The van der Waals surface area contributed by atoms with Crippen LogP contribution in [-0.4, -0.2) is 119 Å². The number of ketones is 9. The van der Waals surface area contributed by atoms with Gasteiger partial charge in [0.25, 0.3) is 0 Å². The first kappa shape index (κ1) is 74.2. The minimum Gasteiger partial charge on any atom is -0.822 e. The standard InChI is InChI=1S/3C21H28O5.3Na.H3O4P/c3*1-19-7-5-13(23)9-12(19)3-4-14-15-6-8-21(26,17(25)11-22)20(15,2)10-16(24)18(14)19;;;;1-5(2,3)4/h3*9,14-15,18,22,26H,3-8,10-11H2,1-2H3;;;;(H3,1,2,3,4)/q;;;3*+1;/p-3/t2*14?,15?,18?,19-,20-,21-;14-,15?,18+,19+,20+,21+;;;;/m001..../s1. The maximum Gasteiger partial charge on any atom is 1.00 e. The minimum atomic E-state index is -5.39. The van der Waals surface area contributed by atoms with Crippen molar-refractivity contribution in [2.24, 2.45) is 85.8 Å². The van der Waals surface area contributed by atoms with Gasteiger partial charge < -0.3 is 49.9 Å². The first-order valence-corrected chi connectivity index (χ1v) is 31.6. The van der Waals surface area contributed by atoms with Gasteiger partial charge in [-0.25, -0.2) is 0 Å². The zero-order valence-corrected chi connectivity index (χ0v) is 58.7. The van der Waals surface area contributed by atoms with E-state index in [1.165, 1.54) is 0 Å². The van der Waals surface area contributed by atoms with Gasteiger partial charge in [-0.3, -0.25) is 43.2 Å². The van der Waals surface area contributed by atoms with Crippen LogP contribution in [0.2, 0.25) is 0 Å². The molecule has 9 saturated carbocycles. The second-order valence-corrected chi connectivity index (χ2v) is 29.5. The van der Waals surface area contributed by atoms with Crippen LogP contribution in [0.15, 0.2) is 34.9 Å². The smallest absolute Gasteiger partial charge is 0.822 e. The molecule has 9 fully saturated rings. The molecule has 12 aliphatic carbocycles. The Morgan fingerprint density at radius 3 is 0.860 bits per heavy atom. The molecule has 7 unspecified atom stereocenters. The summed E-state index contributed by atoms with van der Waals surface area (Å²) in [5.74, 6) is -0.517. The quantitative estimate of drug-likeness (QED) is 0.107. The molecule has 86 heavy (non-hydrogen) atoms. The van der Waals surface area contributed by atoms with Gasteiger partial charge in [-0.2, -0.15) is 7.82 Å². The van der Waals surface area contributed by atoms with E-state index in [4.69, 9.17) is 19.2 Å². The normalized spacial score (nSPS) is 43.9. The Bertz CT molecular complexity index is 2660. The van der Waals surface area contributed by atoms with E-state index in [-0.39, 0.29) is 212 Å². The van der Waals surface area contributed by atoms with E-state index in [1.54, 1.807) is 18.2 Å². The van der Waals surface area contributed by atoms with Crippen LogP contribution in [0.5, 0.6) is 0 Å². The molecule has 0 radical (unpaired) electrons. The predicted molar refractivity (Wildman–Crippen MR) is 290 cm³/mol. The average Bonchev–Trinajstić information content (AvgIpc) is 1.39. The molecule has 0 spiro atoms. The number of fused-ring (bicyclic) bond motifs is 15. The monoisotopic (exact) mass is 1240 g/mol. The van der Waals surface area contributed by atoms with Gasteiger partial charge in [-0.15, -0.1) is 0 Å². The summed E-state index contributed by atoms with van der Waals surface area (Å²) < 4.78 is 8.55. The molecular formula is C63H84Na3O19P. The first-order valence-electron chi connectivity index (χ1n) is 30.1. The van der Waals surface area contributed by atoms with Crippen LogP contribution in [0.4, 0.5) is 0 Å². The van der Waals surface area contributed by atoms with Crippen molar-refractivity contribution in [1.82, 2.24) is 0 Å². The zero-order valence-electron chi connectivity index (χ0n) is 51.8. The molecule has 23 heteroatoms. The predicted octanol–water partition coefficient (Wildman–Crippen LogP) is -5.84. The maximum atomic E-state index is 13.3. The van der Waals surface area contributed by atoms with Crippen molar-refractivity contribution in [3.8, 4) is 0 Å². The number of carbonyl (C=O) groups excluding carboxylic acids is 9. The third-order valence-corrected chi connectivity index (χ3v) is 25.2. The zero-order chi connectivity index (χ0) is 61.2. The number of rotatable bonds is 6. The fourth-order valence-electron chi connectivity index (χ4n) is 20.9. The molecule has 0 bridgehead atoms. The van der Waals surface area contributed by atoms with Crippen LogP contribution in [0, 0.1) is 85.8 Å². The van der Waals surface area contributed by atoms with Crippen molar-refractivity contribution in [2.45, 2.75) is 193 Å². The fourth-order valence-corrected chi connectivity index (χ4v) is 20.9. The summed E-state index contributed by atoms with van der Waals surface area (Å²) in [6.07, 6.45) is 17.5. The summed E-state index contributed by atoms with van der Waals surface area (Å²) in [5, 5.41) is 61.5. The molecule has 458 valence electrons. The average molecular weight is 1250 g/mol. The molecule has 12 aliphatic rings. The second-order valence-electron chi connectivity index (χ2n) is 28.6. The summed E-state index contributed by atoms with van der Waals surface area (Å²) >= 11 is 0. The van der Waals surface area contributed by atoms with Crippen LogP contribution in [0.25, 0.3) is 0 Å². The summed E-state index contributed by atoms with van der Waals surface area (Å²) in [6, 6.07) is 0. The molecule has 0 saturated heterocycles. The second kappa shape index (κ2) is 26.1. The molecule has 0 aromatic carbocycles. The van der Waals surface area contributed by atoms with E-state index >= 15 is 0 Å². The number of Topliss-reactive ketones (excluding diaryl/α,β-unsaturated/α-hetero) is 6. The van der Waals surface area contributed by atoms with E-state index in [9.17, 15) is 73.8 Å². The summed E-state index contributed by atoms with van der Waals surface area (Å²) in [6.45, 7) is 9.92. The topological polar surface area (TPSA) is 361 Å². The van der Waals surface area contributed by atoms with E-state index in [0.717, 1.165) is 55.2 Å². The van der Waals surface area contributed by atoms with Crippen molar-refractivity contribution in [1.29, 1.82) is 0 Å². The van der Waals surface area contributed by atoms with Gasteiger partial charge in [-0.05, 0) is 166 Å². The van der Waals surface area contributed by atoms with Gasteiger partial charge in [0.05, 0.1) is 0 Å². The molecule has 0 aromatic rings. The largest absolute Gasteiger partial charge is 1.00 e. The van der Waals surface area contributed by atoms with Gasteiger partial charge in [0.15, 0.2) is 34.7 Å². The Hall–Kier alpha value is -0.880. The van der Waals surface area contributed by atoms with E-state index in [0.29, 0.717) is 77.0 Å². The van der Waals surface area contributed by atoms with Crippen molar-refractivity contribution in [3.63, 3.8) is 0 Å². The first-order chi connectivity index (χ1) is 38.5. The van der Waals surface area contributed by atoms with Crippen LogP contribution >= 0.6 is 7.82 Å². The minimum absolute atomic E-state index is 0. The SMILES string of the molecule is C[C@]12CCC(=O)C=C1CCC1C2C(=O)C[C@@]2(C)C1CC[C@]2(O)C(=O)CO.C[C@]12CCC(=O)C=C1CCC1C2C(=O)C[C@@]2(C)C1CC[C@]2(O)C(=O)CO.C[C@]12CCC(=O)C=C1CC[C@@H]1C3CC[C@](O)(C(=O)CO)[C@@]3(C)CC(=O)[C@H]12.O=P([O-])([O-])[O-].[Na+].[Na+].[Na+]. The fraction of sp³-hybridized carbons (Fsp3) is 0.762. The van der Waals surface area contributed by atoms with Gasteiger partial charge in [0.2, 0.25) is 0 Å². The molecular weight excluding hydrogens is 1160 g/mol. The van der Waals surface area contributed by atoms with E-state index in [1.807, 2.05) is 20.8 Å². The van der Waals surface area contributed by atoms with Gasteiger partial charge >= 0.3 is 88.7 Å². The van der Waals surface area contributed by atoms with Gasteiger partial charge in [0.1, 0.15) is 54.0 Å². The van der Waals surface area contributed by atoms with Crippen molar-refractivity contribution >= 4 is 59.9 Å². The van der Waals surface area contributed by atoms with Crippen LogP contribution < -0.4 is 103 Å². The molecule has 0 aliphatic heterocycles. The van der Waals surface area contributed by atoms with Crippen LogP contribution in [-0.2, 0) is 47.7 Å². The molecule has 12 rings (SSSR count). The Kier molecular flexibility index (Phi) is 22.5. The third kappa shape index (κ3) is 11.8. The molecule has 0 heterocycles. The Labute approximate surface area is 570 Å². The van der Waals surface area contributed by atoms with E-state index < -0.39 is 78.0 Å². The maximum absolute atomic E-state index is 13.3. The summed E-state index contributed by atoms with van der Waals surface area (Å²) in [4.78, 5) is 138. The number of carbonyl (C=O) groups is 9. The Morgan fingerprint density at radius 1 is 0.430 bits per heavy atom. The van der Waals surface area contributed by atoms with Gasteiger partial charge in [-0.1, -0.05) is 58.3 Å². The van der Waals surface area contributed by atoms with Gasteiger partial charge in [0, 0.05) is 72.5 Å². The Balaban J connectivity index is 0.000000195. The number of hydrogen-bond donors (Lipinski definition) is 6. The molecule has 0 aromatic heterocycles. The molecule has 19 nitrogen and oxygen atoms in total. The summed E-state index contributed by atoms with van der Waals surface area (Å²) in [5.41, 5.74) is -4.66. The van der Waals surface area contributed by atoms with E-state index in [2.05, 4.69) is 20.8 Å². The molecule has 18 atom stereocenters. The van der Waals surface area contributed by atoms with Crippen molar-refractivity contribution < 1.29 is 182 Å². The van der Waals surface area contributed by atoms with Crippen LogP contribution in [0.3, 0.4) is 0 Å². The number of aliphatic hydroxyl groups is 6.